The minimum absolute atomic E-state index is 0.386. The molecule has 7 nitrogen and oxygen atoms in total. The van der Waals surface area contributed by atoms with E-state index in [-0.39, 0.29) is 13.1 Å². The zero-order valence-corrected chi connectivity index (χ0v) is 11.1. The molecule has 0 aliphatic carbocycles. The summed E-state index contributed by atoms with van der Waals surface area (Å²) in [4.78, 5) is 23.1. The van der Waals surface area contributed by atoms with Crippen LogP contribution in [-0.4, -0.2) is 40.4 Å². The van der Waals surface area contributed by atoms with Crippen molar-refractivity contribution in [3.63, 3.8) is 0 Å². The molecule has 0 aliphatic rings. The number of anilines is 1. The first-order valence-corrected chi connectivity index (χ1v) is 5.93. The highest BCUT2D eigenvalue weighted by molar-refractivity contribution is 5.87. The highest BCUT2D eigenvalue weighted by Gasteiger charge is 2.18. The van der Waals surface area contributed by atoms with E-state index in [1.165, 1.54) is 4.90 Å². The van der Waals surface area contributed by atoms with E-state index in [4.69, 9.17) is 14.7 Å². The van der Waals surface area contributed by atoms with Crippen molar-refractivity contribution in [2.75, 3.05) is 18.0 Å². The number of aliphatic carboxylic acids is 2. The standard InChI is InChI=1S/C13H14N2O5/c1-7-3-11-9(8(2)14-20-11)4-10(7)15(5-12(16)17)6-13(18)19/h3-4H,5-6H2,1-2H3,(H,16,17)(H,18,19). The fraction of sp³-hybridized carbons (Fsp3) is 0.308. The molecule has 0 unspecified atom stereocenters. The van der Waals surface area contributed by atoms with Crippen LogP contribution in [0.25, 0.3) is 11.0 Å². The van der Waals surface area contributed by atoms with Crippen molar-refractivity contribution in [1.82, 2.24) is 5.16 Å². The summed E-state index contributed by atoms with van der Waals surface area (Å²) in [5.74, 6) is -2.18. The molecular formula is C13H14N2O5. The van der Waals surface area contributed by atoms with Gasteiger partial charge in [-0.15, -0.1) is 0 Å². The third-order valence-electron chi connectivity index (χ3n) is 2.96. The highest BCUT2D eigenvalue weighted by Crippen LogP contribution is 2.28. The maximum absolute atomic E-state index is 10.9. The molecule has 1 aromatic heterocycles. The van der Waals surface area contributed by atoms with Gasteiger partial charge in [-0.25, -0.2) is 0 Å². The SMILES string of the molecule is Cc1cc2onc(C)c2cc1N(CC(=O)O)CC(=O)O. The van der Waals surface area contributed by atoms with Gasteiger partial charge in [-0.05, 0) is 31.5 Å². The summed E-state index contributed by atoms with van der Waals surface area (Å²) >= 11 is 0. The predicted molar refractivity (Wildman–Crippen MR) is 71.0 cm³/mol. The number of nitrogens with zero attached hydrogens (tertiary/aromatic N) is 2. The summed E-state index contributed by atoms with van der Waals surface area (Å²) in [5, 5.41) is 22.4. The summed E-state index contributed by atoms with van der Waals surface area (Å²) < 4.78 is 5.13. The van der Waals surface area contributed by atoms with Crippen molar-refractivity contribution in [3.05, 3.63) is 23.4 Å². The first kappa shape index (κ1) is 13.9. The van der Waals surface area contributed by atoms with Gasteiger partial charge < -0.3 is 19.6 Å². The molecule has 106 valence electrons. The van der Waals surface area contributed by atoms with Crippen LogP contribution >= 0.6 is 0 Å². The van der Waals surface area contributed by atoms with E-state index in [2.05, 4.69) is 5.16 Å². The van der Waals surface area contributed by atoms with E-state index in [1.54, 1.807) is 26.0 Å². The molecule has 0 fully saturated rings. The third kappa shape index (κ3) is 2.71. The molecule has 0 aliphatic heterocycles. The Morgan fingerprint density at radius 3 is 2.35 bits per heavy atom. The van der Waals surface area contributed by atoms with Gasteiger partial charge in [0.25, 0.3) is 0 Å². The molecule has 0 saturated heterocycles. The largest absolute Gasteiger partial charge is 0.480 e. The molecule has 0 spiro atoms. The molecule has 20 heavy (non-hydrogen) atoms. The van der Waals surface area contributed by atoms with Crippen LogP contribution in [0.4, 0.5) is 5.69 Å². The minimum Gasteiger partial charge on any atom is -0.480 e. The summed E-state index contributed by atoms with van der Waals surface area (Å²) in [6.07, 6.45) is 0. The number of carbonyl (C=O) groups is 2. The van der Waals surface area contributed by atoms with Crippen LogP contribution in [0.1, 0.15) is 11.3 Å². The lowest BCUT2D eigenvalue weighted by atomic mass is 10.1. The average molecular weight is 278 g/mol. The molecule has 0 atom stereocenters. The van der Waals surface area contributed by atoms with Crippen LogP contribution in [0, 0.1) is 13.8 Å². The maximum atomic E-state index is 10.9. The van der Waals surface area contributed by atoms with E-state index in [0.29, 0.717) is 17.0 Å². The second-order valence-corrected chi connectivity index (χ2v) is 4.55. The summed E-state index contributed by atoms with van der Waals surface area (Å²) in [6.45, 7) is 2.76. The maximum Gasteiger partial charge on any atom is 0.323 e. The first-order valence-electron chi connectivity index (χ1n) is 5.93. The molecule has 2 aromatic rings. The number of aromatic nitrogens is 1. The monoisotopic (exact) mass is 278 g/mol. The molecule has 0 bridgehead atoms. The minimum atomic E-state index is -1.09. The van der Waals surface area contributed by atoms with Gasteiger partial charge in [0.2, 0.25) is 0 Å². The van der Waals surface area contributed by atoms with Gasteiger partial charge in [0.05, 0.1) is 5.69 Å². The Morgan fingerprint density at radius 2 is 1.80 bits per heavy atom. The van der Waals surface area contributed by atoms with Crippen LogP contribution in [0.5, 0.6) is 0 Å². The van der Waals surface area contributed by atoms with E-state index < -0.39 is 11.9 Å². The summed E-state index contributed by atoms with van der Waals surface area (Å²) in [6, 6.07) is 3.43. The van der Waals surface area contributed by atoms with Crippen LogP contribution in [-0.2, 0) is 9.59 Å². The number of fused-ring (bicyclic) bond motifs is 1. The first-order chi connectivity index (χ1) is 9.38. The Morgan fingerprint density at radius 1 is 1.20 bits per heavy atom. The van der Waals surface area contributed by atoms with Gasteiger partial charge in [0, 0.05) is 11.1 Å². The van der Waals surface area contributed by atoms with Crippen molar-refractivity contribution in [3.8, 4) is 0 Å². The van der Waals surface area contributed by atoms with E-state index in [9.17, 15) is 9.59 Å². The Hall–Kier alpha value is -2.57. The van der Waals surface area contributed by atoms with Gasteiger partial charge in [0.1, 0.15) is 13.1 Å². The normalized spacial score (nSPS) is 10.7. The van der Waals surface area contributed by atoms with E-state index in [0.717, 1.165) is 10.9 Å². The van der Waals surface area contributed by atoms with Gasteiger partial charge >= 0.3 is 11.9 Å². The van der Waals surface area contributed by atoms with Crippen molar-refractivity contribution in [2.24, 2.45) is 0 Å². The van der Waals surface area contributed by atoms with Crippen molar-refractivity contribution >= 4 is 28.6 Å². The number of hydrogen-bond acceptors (Lipinski definition) is 5. The van der Waals surface area contributed by atoms with Gasteiger partial charge in [0.15, 0.2) is 5.58 Å². The summed E-state index contributed by atoms with van der Waals surface area (Å²) in [5.41, 5.74) is 2.55. The van der Waals surface area contributed by atoms with Gasteiger partial charge in [-0.1, -0.05) is 5.16 Å². The van der Waals surface area contributed by atoms with Crippen LogP contribution in [0.15, 0.2) is 16.7 Å². The molecule has 1 heterocycles. The smallest absolute Gasteiger partial charge is 0.323 e. The molecule has 0 saturated carbocycles. The molecule has 0 amide bonds. The molecule has 2 rings (SSSR count). The Balaban J connectivity index is 2.50. The van der Waals surface area contributed by atoms with Crippen molar-refractivity contribution < 1.29 is 24.3 Å². The molecule has 0 radical (unpaired) electrons. The fourth-order valence-corrected chi connectivity index (χ4v) is 2.09. The quantitative estimate of drug-likeness (QED) is 0.852. The zero-order chi connectivity index (χ0) is 14.9. The van der Waals surface area contributed by atoms with Gasteiger partial charge in [-0.2, -0.15) is 0 Å². The Bertz CT molecular complexity index is 661. The van der Waals surface area contributed by atoms with E-state index in [1.807, 2.05) is 0 Å². The number of hydrogen-bond donors (Lipinski definition) is 2. The van der Waals surface area contributed by atoms with Gasteiger partial charge in [-0.3, -0.25) is 9.59 Å². The predicted octanol–water partition coefficient (Wildman–Crippen LogP) is 1.42. The average Bonchev–Trinajstić information content (AvgIpc) is 2.67. The van der Waals surface area contributed by atoms with Crippen molar-refractivity contribution in [1.29, 1.82) is 0 Å². The highest BCUT2D eigenvalue weighted by atomic mass is 16.5. The van der Waals surface area contributed by atoms with E-state index >= 15 is 0 Å². The lowest BCUT2D eigenvalue weighted by molar-refractivity contribution is -0.136. The Kier molecular flexibility index (Phi) is 3.60. The number of carboxylic acids is 2. The second kappa shape index (κ2) is 5.20. The summed E-state index contributed by atoms with van der Waals surface area (Å²) in [7, 11) is 0. The lowest BCUT2D eigenvalue weighted by Crippen LogP contribution is -2.34. The number of aryl methyl sites for hydroxylation is 2. The molecule has 7 heteroatoms. The Labute approximate surface area is 114 Å². The molecule has 1 aromatic carbocycles. The number of rotatable bonds is 5. The zero-order valence-electron chi connectivity index (χ0n) is 11.1. The molecule has 2 N–H and O–H groups in total. The fourth-order valence-electron chi connectivity index (χ4n) is 2.09. The van der Waals surface area contributed by atoms with Crippen molar-refractivity contribution in [2.45, 2.75) is 13.8 Å². The van der Waals surface area contributed by atoms with Crippen LogP contribution in [0.3, 0.4) is 0 Å². The number of carboxylic acid groups (broad SMARTS) is 2. The second-order valence-electron chi connectivity index (χ2n) is 4.55. The third-order valence-corrected chi connectivity index (χ3v) is 2.96. The van der Waals surface area contributed by atoms with Crippen LogP contribution < -0.4 is 4.90 Å². The topological polar surface area (TPSA) is 104 Å². The number of benzene rings is 1. The van der Waals surface area contributed by atoms with Crippen LogP contribution in [0.2, 0.25) is 0 Å². The lowest BCUT2D eigenvalue weighted by Gasteiger charge is -2.22. The molecular weight excluding hydrogens is 264 g/mol.